The molecule has 0 atom stereocenters. The molecular formula is C58H36N4O. The van der Waals surface area contributed by atoms with Crippen molar-refractivity contribution in [2.24, 2.45) is 0 Å². The molecule has 0 N–H and O–H groups in total. The number of fused-ring (bicyclic) bond motifs is 9. The molecule has 13 aromatic rings. The largest absolute Gasteiger partial charge is 0.452 e. The molecule has 0 saturated carbocycles. The highest BCUT2D eigenvalue weighted by Gasteiger charge is 2.26. The maximum atomic E-state index is 6.71. The van der Waals surface area contributed by atoms with Crippen LogP contribution < -0.4 is 0 Å². The molecule has 0 radical (unpaired) electrons. The van der Waals surface area contributed by atoms with E-state index < -0.39 is 0 Å². The molecule has 0 aliphatic carbocycles. The minimum atomic E-state index is 0.649. The molecule has 0 fully saturated rings. The van der Waals surface area contributed by atoms with E-state index in [4.69, 9.17) is 14.4 Å². The fraction of sp³-hybridized carbons (Fsp3) is 0. The molecule has 0 unspecified atom stereocenters. The number of benzene rings is 9. The lowest BCUT2D eigenvalue weighted by Crippen LogP contribution is -2.03. The van der Waals surface area contributed by atoms with E-state index in [1.54, 1.807) is 0 Å². The molecule has 0 aliphatic rings. The molecule has 4 heterocycles. The first-order valence-electron chi connectivity index (χ1n) is 21.3. The van der Waals surface area contributed by atoms with Crippen LogP contribution in [-0.4, -0.2) is 19.1 Å². The number of nitrogens with zero attached hydrogens (tertiary/aromatic N) is 4. The number of rotatable bonds is 6. The summed E-state index contributed by atoms with van der Waals surface area (Å²) in [5, 5.41) is 5.80. The summed E-state index contributed by atoms with van der Waals surface area (Å²) in [4.78, 5) is 10.5. The minimum Gasteiger partial charge on any atom is -0.452 e. The Balaban J connectivity index is 1.17. The molecule has 294 valence electrons. The Morgan fingerprint density at radius 2 is 0.857 bits per heavy atom. The Hall–Kier alpha value is -8.54. The molecule has 0 spiro atoms. The summed E-state index contributed by atoms with van der Waals surface area (Å²) >= 11 is 0. The smallest absolute Gasteiger partial charge is 0.180 e. The summed E-state index contributed by atoms with van der Waals surface area (Å²) in [6.45, 7) is 0. The summed E-state index contributed by atoms with van der Waals surface area (Å²) < 4.78 is 11.6. The van der Waals surface area contributed by atoms with E-state index in [9.17, 15) is 0 Å². The van der Waals surface area contributed by atoms with Crippen LogP contribution in [0, 0.1) is 0 Å². The first kappa shape index (κ1) is 35.2. The zero-order valence-corrected chi connectivity index (χ0v) is 34.0. The lowest BCUT2D eigenvalue weighted by atomic mass is 9.91. The second kappa shape index (κ2) is 14.0. The number of para-hydroxylation sites is 4. The predicted octanol–water partition coefficient (Wildman–Crippen LogP) is 15.2. The van der Waals surface area contributed by atoms with Crippen molar-refractivity contribution in [3.63, 3.8) is 0 Å². The van der Waals surface area contributed by atoms with Crippen molar-refractivity contribution >= 4 is 65.7 Å². The van der Waals surface area contributed by atoms with Gasteiger partial charge in [-0.1, -0.05) is 164 Å². The number of hydrogen-bond donors (Lipinski definition) is 0. The topological polar surface area (TPSA) is 48.8 Å². The van der Waals surface area contributed by atoms with Gasteiger partial charge in [-0.15, -0.1) is 0 Å². The first-order chi connectivity index (χ1) is 31.3. The van der Waals surface area contributed by atoms with Crippen molar-refractivity contribution in [2.45, 2.75) is 0 Å². The van der Waals surface area contributed by atoms with Gasteiger partial charge >= 0.3 is 0 Å². The second-order valence-corrected chi connectivity index (χ2v) is 16.1. The molecule has 0 amide bonds. The number of aromatic nitrogens is 4. The maximum absolute atomic E-state index is 6.71. The van der Waals surface area contributed by atoms with Gasteiger partial charge in [-0.25, -0.2) is 9.97 Å². The normalized spacial score (nSPS) is 11.8. The van der Waals surface area contributed by atoms with E-state index in [0.717, 1.165) is 78.0 Å². The number of hydrogen-bond acceptors (Lipinski definition) is 3. The van der Waals surface area contributed by atoms with Crippen molar-refractivity contribution in [1.29, 1.82) is 0 Å². The fourth-order valence-electron chi connectivity index (χ4n) is 9.80. The molecule has 5 nitrogen and oxygen atoms in total. The summed E-state index contributed by atoms with van der Waals surface area (Å²) in [7, 11) is 0. The zero-order chi connectivity index (χ0) is 41.4. The van der Waals surface area contributed by atoms with E-state index in [-0.39, 0.29) is 0 Å². The molecule has 5 heteroatoms. The molecule has 9 aromatic carbocycles. The van der Waals surface area contributed by atoms with E-state index in [1.807, 2.05) is 36.4 Å². The monoisotopic (exact) mass is 804 g/mol. The molecule has 4 aromatic heterocycles. The summed E-state index contributed by atoms with van der Waals surface area (Å²) in [6, 6.07) is 77.5. The molecular weight excluding hydrogens is 769 g/mol. The first-order valence-corrected chi connectivity index (χ1v) is 21.3. The highest BCUT2D eigenvalue weighted by Crippen LogP contribution is 2.47. The third kappa shape index (κ3) is 5.43. The fourth-order valence-corrected chi connectivity index (χ4v) is 9.80. The Morgan fingerprint density at radius 3 is 1.48 bits per heavy atom. The third-order valence-electron chi connectivity index (χ3n) is 12.5. The second-order valence-electron chi connectivity index (χ2n) is 16.1. The Morgan fingerprint density at radius 1 is 0.365 bits per heavy atom. The average molecular weight is 805 g/mol. The molecule has 63 heavy (non-hydrogen) atoms. The maximum Gasteiger partial charge on any atom is 0.180 e. The van der Waals surface area contributed by atoms with Crippen molar-refractivity contribution in [2.75, 3.05) is 0 Å². The Labute approximate surface area is 362 Å². The van der Waals surface area contributed by atoms with Crippen molar-refractivity contribution < 1.29 is 4.42 Å². The van der Waals surface area contributed by atoms with Gasteiger partial charge < -0.3 is 13.6 Å². The van der Waals surface area contributed by atoms with E-state index >= 15 is 0 Å². The van der Waals surface area contributed by atoms with Gasteiger partial charge in [0, 0.05) is 49.2 Å². The van der Waals surface area contributed by atoms with Crippen LogP contribution in [-0.2, 0) is 0 Å². The van der Waals surface area contributed by atoms with Gasteiger partial charge in [0.1, 0.15) is 16.8 Å². The average Bonchev–Trinajstić information content (AvgIpc) is 4.02. The van der Waals surface area contributed by atoms with E-state index in [2.05, 4.69) is 191 Å². The lowest BCUT2D eigenvalue weighted by Gasteiger charge is -2.21. The van der Waals surface area contributed by atoms with Crippen LogP contribution in [0.2, 0.25) is 0 Å². The SMILES string of the molecule is c1ccc(-c2nc(-c3cc(-c4ccccc4)c(-n4c5ccccc5c5c(-n6c7ccccc7c7ccccc76)cccc54)c(-c4ccccc4)c3)c3oc4ccccc4c3n2)cc1. The minimum absolute atomic E-state index is 0.649. The van der Waals surface area contributed by atoms with Crippen molar-refractivity contribution in [3.8, 4) is 56.3 Å². The quantitative estimate of drug-likeness (QED) is 0.168. The van der Waals surface area contributed by atoms with Crippen LogP contribution in [0.3, 0.4) is 0 Å². The third-order valence-corrected chi connectivity index (χ3v) is 12.5. The van der Waals surface area contributed by atoms with Crippen LogP contribution in [0.15, 0.2) is 223 Å². The van der Waals surface area contributed by atoms with Gasteiger partial charge in [-0.3, -0.25) is 0 Å². The highest BCUT2D eigenvalue weighted by atomic mass is 16.3. The van der Waals surface area contributed by atoms with Crippen LogP contribution in [0.5, 0.6) is 0 Å². The van der Waals surface area contributed by atoms with Gasteiger partial charge in [0.2, 0.25) is 0 Å². The van der Waals surface area contributed by atoms with Gasteiger partial charge in [-0.05, 0) is 65.7 Å². The molecule has 0 bridgehead atoms. The van der Waals surface area contributed by atoms with Gasteiger partial charge in [-0.2, -0.15) is 0 Å². The van der Waals surface area contributed by atoms with E-state index in [0.29, 0.717) is 11.4 Å². The van der Waals surface area contributed by atoms with E-state index in [1.165, 1.54) is 32.6 Å². The summed E-state index contributed by atoms with van der Waals surface area (Å²) in [5.41, 5.74) is 16.0. The highest BCUT2D eigenvalue weighted by molar-refractivity contribution is 6.17. The van der Waals surface area contributed by atoms with Gasteiger partial charge in [0.05, 0.1) is 33.4 Å². The molecule has 0 aliphatic heterocycles. The standard InChI is InChI=1S/C58H36N4O/c1-4-19-37(20-5-1)45-35-40(54-57-55(44-28-13-17-34-52(44)63-57)60-58(59-54)39-23-8-3-9-24-39)36-46(38-21-6-2-7-22-38)56(45)62-49-31-16-12-27-43(49)53-50(32-18-33-51(53)62)61-47-29-14-10-25-41(47)42-26-11-15-30-48(42)61/h1-36H. The number of furan rings is 1. The van der Waals surface area contributed by atoms with Gasteiger partial charge in [0.25, 0.3) is 0 Å². The molecule has 0 saturated heterocycles. The Kier molecular flexibility index (Phi) is 7.84. The van der Waals surface area contributed by atoms with Crippen molar-refractivity contribution in [1.82, 2.24) is 19.1 Å². The Bertz CT molecular complexity index is 3790. The van der Waals surface area contributed by atoms with Crippen LogP contribution in [0.4, 0.5) is 0 Å². The van der Waals surface area contributed by atoms with Gasteiger partial charge in [0.15, 0.2) is 11.4 Å². The van der Waals surface area contributed by atoms with Crippen LogP contribution >= 0.6 is 0 Å². The predicted molar refractivity (Wildman–Crippen MR) is 260 cm³/mol. The lowest BCUT2D eigenvalue weighted by molar-refractivity contribution is 0.667. The zero-order valence-electron chi connectivity index (χ0n) is 34.0. The van der Waals surface area contributed by atoms with Crippen LogP contribution in [0.1, 0.15) is 0 Å². The van der Waals surface area contributed by atoms with Crippen LogP contribution in [0.25, 0.3) is 122 Å². The summed E-state index contributed by atoms with van der Waals surface area (Å²) in [6.07, 6.45) is 0. The molecule has 13 rings (SSSR count). The van der Waals surface area contributed by atoms with Crippen molar-refractivity contribution in [3.05, 3.63) is 218 Å². The summed E-state index contributed by atoms with van der Waals surface area (Å²) in [5.74, 6) is 0.649.